The molecule has 0 saturated heterocycles. The summed E-state index contributed by atoms with van der Waals surface area (Å²) in [5.41, 5.74) is 4.42. The lowest BCUT2D eigenvalue weighted by atomic mass is 10.1. The molecule has 3 aromatic heterocycles. The van der Waals surface area contributed by atoms with Gasteiger partial charge in [-0.25, -0.2) is 4.98 Å². The van der Waals surface area contributed by atoms with Crippen molar-refractivity contribution in [3.05, 3.63) is 65.8 Å². The third-order valence-corrected chi connectivity index (χ3v) is 5.09. The van der Waals surface area contributed by atoms with E-state index in [0.717, 1.165) is 28.2 Å². The van der Waals surface area contributed by atoms with Gasteiger partial charge < -0.3 is 4.74 Å². The van der Waals surface area contributed by atoms with Crippen molar-refractivity contribution in [3.8, 4) is 27.4 Å². The third-order valence-electron chi connectivity index (χ3n) is 4.07. The summed E-state index contributed by atoms with van der Waals surface area (Å²) in [5.74, 6) is 0.899. The van der Waals surface area contributed by atoms with Gasteiger partial charge in [0.25, 0.3) is 0 Å². The summed E-state index contributed by atoms with van der Waals surface area (Å²) < 4.78 is 7.86. The third kappa shape index (κ3) is 3.17. The number of benzene rings is 1. The normalized spacial score (nSPS) is 11.4. The Morgan fingerprint density at radius 3 is 2.48 bits per heavy atom. The number of ether oxygens (including phenoxy) is 1. The lowest BCUT2D eigenvalue weighted by Crippen LogP contribution is -2.05. The summed E-state index contributed by atoms with van der Waals surface area (Å²) >= 11 is 1.79. The first-order valence-corrected chi connectivity index (χ1v) is 9.23. The molecule has 25 heavy (non-hydrogen) atoms. The maximum atomic E-state index is 5.71. The molecule has 1 aromatic carbocycles. The zero-order valence-corrected chi connectivity index (χ0v) is 15.4. The number of nitrogens with zero attached hydrogens (tertiary/aromatic N) is 2. The summed E-state index contributed by atoms with van der Waals surface area (Å²) in [4.78, 5) is 7.15. The Labute approximate surface area is 151 Å². The van der Waals surface area contributed by atoms with Crippen LogP contribution in [0.25, 0.3) is 27.3 Å². The van der Waals surface area contributed by atoms with E-state index >= 15 is 0 Å². The van der Waals surface area contributed by atoms with Crippen molar-refractivity contribution in [2.45, 2.75) is 26.9 Å². The van der Waals surface area contributed by atoms with E-state index in [0.29, 0.717) is 0 Å². The molecule has 0 radical (unpaired) electrons. The standard InChI is InChI=1S/C21H20N2OS/c1-14(2)24-18-7-5-16(6-8-18)17-10-11-23-19(13-22-21(23)12-17)20-9-4-15(3)25-20/h4-14H,1-3H3. The maximum Gasteiger partial charge on any atom is 0.137 e. The number of hydrogen-bond acceptors (Lipinski definition) is 3. The number of fused-ring (bicyclic) bond motifs is 1. The molecule has 4 heteroatoms. The lowest BCUT2D eigenvalue weighted by Gasteiger charge is -2.10. The zero-order valence-electron chi connectivity index (χ0n) is 14.6. The highest BCUT2D eigenvalue weighted by atomic mass is 32.1. The molecule has 0 N–H and O–H groups in total. The highest BCUT2D eigenvalue weighted by Crippen LogP contribution is 2.30. The van der Waals surface area contributed by atoms with Crippen LogP contribution in [0.5, 0.6) is 5.75 Å². The van der Waals surface area contributed by atoms with E-state index in [2.05, 4.69) is 58.9 Å². The van der Waals surface area contributed by atoms with Crippen molar-refractivity contribution >= 4 is 17.0 Å². The molecule has 0 fully saturated rings. The van der Waals surface area contributed by atoms with Gasteiger partial charge in [-0.2, -0.15) is 0 Å². The summed E-state index contributed by atoms with van der Waals surface area (Å²) in [6.07, 6.45) is 4.23. The Morgan fingerprint density at radius 1 is 1.00 bits per heavy atom. The van der Waals surface area contributed by atoms with Gasteiger partial charge in [-0.3, -0.25) is 4.40 Å². The molecule has 3 nitrogen and oxygen atoms in total. The van der Waals surface area contributed by atoms with E-state index in [1.165, 1.54) is 9.75 Å². The SMILES string of the molecule is Cc1ccc(-c2cnc3cc(-c4ccc(OC(C)C)cc4)ccn23)s1. The molecule has 4 rings (SSSR count). The monoisotopic (exact) mass is 348 g/mol. The lowest BCUT2D eigenvalue weighted by molar-refractivity contribution is 0.242. The van der Waals surface area contributed by atoms with Crippen LogP contribution >= 0.6 is 11.3 Å². The second kappa shape index (κ2) is 6.37. The number of pyridine rings is 1. The number of imidazole rings is 1. The molecule has 0 aliphatic heterocycles. The molecule has 0 bridgehead atoms. The maximum absolute atomic E-state index is 5.71. The van der Waals surface area contributed by atoms with Gasteiger partial charge in [0, 0.05) is 11.1 Å². The van der Waals surface area contributed by atoms with E-state index in [1.807, 2.05) is 32.2 Å². The minimum atomic E-state index is 0.187. The summed E-state index contributed by atoms with van der Waals surface area (Å²) in [6.45, 7) is 6.20. The fourth-order valence-corrected chi connectivity index (χ4v) is 3.79. The summed E-state index contributed by atoms with van der Waals surface area (Å²) in [7, 11) is 0. The molecule has 0 aliphatic carbocycles. The molecular weight excluding hydrogens is 328 g/mol. The highest BCUT2D eigenvalue weighted by molar-refractivity contribution is 7.15. The number of aromatic nitrogens is 2. The van der Waals surface area contributed by atoms with Crippen LogP contribution in [0.3, 0.4) is 0 Å². The smallest absolute Gasteiger partial charge is 0.137 e. The molecular formula is C21H20N2OS. The highest BCUT2D eigenvalue weighted by Gasteiger charge is 2.09. The fraction of sp³-hybridized carbons (Fsp3) is 0.190. The average molecular weight is 348 g/mol. The minimum Gasteiger partial charge on any atom is -0.491 e. The molecule has 0 atom stereocenters. The molecule has 0 amide bonds. The van der Waals surface area contributed by atoms with Crippen LogP contribution in [0, 0.1) is 6.92 Å². The number of rotatable bonds is 4. The Kier molecular flexibility index (Phi) is 4.06. The second-order valence-electron chi connectivity index (χ2n) is 6.39. The van der Waals surface area contributed by atoms with Crippen molar-refractivity contribution in [3.63, 3.8) is 0 Å². The Balaban J connectivity index is 1.68. The predicted molar refractivity (Wildman–Crippen MR) is 104 cm³/mol. The van der Waals surface area contributed by atoms with Gasteiger partial charge in [0.2, 0.25) is 0 Å². The van der Waals surface area contributed by atoms with Crippen LogP contribution in [0.1, 0.15) is 18.7 Å². The average Bonchev–Trinajstić information content (AvgIpc) is 3.20. The first kappa shape index (κ1) is 15.9. The summed E-state index contributed by atoms with van der Waals surface area (Å²) in [5, 5.41) is 0. The van der Waals surface area contributed by atoms with Crippen molar-refractivity contribution < 1.29 is 4.74 Å². The Hall–Kier alpha value is -2.59. The van der Waals surface area contributed by atoms with E-state index in [-0.39, 0.29) is 6.10 Å². The van der Waals surface area contributed by atoms with Crippen molar-refractivity contribution in [2.24, 2.45) is 0 Å². The predicted octanol–water partition coefficient (Wildman–Crippen LogP) is 5.83. The van der Waals surface area contributed by atoms with Gasteiger partial charge in [0.1, 0.15) is 11.4 Å². The number of aryl methyl sites for hydroxylation is 1. The van der Waals surface area contributed by atoms with Gasteiger partial charge in [0.15, 0.2) is 0 Å². The molecule has 126 valence electrons. The molecule has 3 heterocycles. The zero-order chi connectivity index (χ0) is 17.4. The van der Waals surface area contributed by atoms with Crippen LogP contribution in [0.15, 0.2) is 60.9 Å². The van der Waals surface area contributed by atoms with E-state index in [1.54, 1.807) is 11.3 Å². The van der Waals surface area contributed by atoms with Gasteiger partial charge in [-0.15, -0.1) is 11.3 Å². The van der Waals surface area contributed by atoms with Crippen molar-refractivity contribution in [1.29, 1.82) is 0 Å². The largest absolute Gasteiger partial charge is 0.491 e. The van der Waals surface area contributed by atoms with Crippen LogP contribution in [0.4, 0.5) is 0 Å². The van der Waals surface area contributed by atoms with E-state index < -0.39 is 0 Å². The van der Waals surface area contributed by atoms with Crippen LogP contribution < -0.4 is 4.74 Å². The van der Waals surface area contributed by atoms with E-state index in [9.17, 15) is 0 Å². The van der Waals surface area contributed by atoms with Crippen LogP contribution in [-0.4, -0.2) is 15.5 Å². The number of hydrogen-bond donors (Lipinski definition) is 0. The second-order valence-corrected chi connectivity index (χ2v) is 7.68. The summed E-state index contributed by atoms with van der Waals surface area (Å²) in [6, 6.07) is 16.8. The van der Waals surface area contributed by atoms with Crippen molar-refractivity contribution in [1.82, 2.24) is 9.38 Å². The van der Waals surface area contributed by atoms with Gasteiger partial charge in [-0.05, 0) is 68.3 Å². The Morgan fingerprint density at radius 2 is 1.80 bits per heavy atom. The van der Waals surface area contributed by atoms with Crippen LogP contribution in [-0.2, 0) is 0 Å². The van der Waals surface area contributed by atoms with Crippen molar-refractivity contribution in [2.75, 3.05) is 0 Å². The first-order chi connectivity index (χ1) is 12.1. The minimum absolute atomic E-state index is 0.187. The molecule has 0 saturated carbocycles. The molecule has 0 aliphatic rings. The number of thiophene rings is 1. The van der Waals surface area contributed by atoms with Crippen LogP contribution in [0.2, 0.25) is 0 Å². The Bertz CT molecular complexity index is 1010. The molecule has 4 aromatic rings. The molecule has 0 spiro atoms. The first-order valence-electron chi connectivity index (χ1n) is 8.41. The molecule has 0 unspecified atom stereocenters. The fourth-order valence-electron chi connectivity index (χ4n) is 2.91. The van der Waals surface area contributed by atoms with E-state index in [4.69, 9.17) is 4.74 Å². The topological polar surface area (TPSA) is 26.5 Å². The van der Waals surface area contributed by atoms with Gasteiger partial charge in [0.05, 0.1) is 22.9 Å². The van der Waals surface area contributed by atoms with Gasteiger partial charge >= 0.3 is 0 Å². The van der Waals surface area contributed by atoms with Gasteiger partial charge in [-0.1, -0.05) is 12.1 Å². The quantitative estimate of drug-likeness (QED) is 0.464.